The Morgan fingerprint density at radius 1 is 1.42 bits per heavy atom. The van der Waals surface area contributed by atoms with Gasteiger partial charge >= 0.3 is 0 Å². The zero-order valence-corrected chi connectivity index (χ0v) is 6.14. The van der Waals surface area contributed by atoms with E-state index in [4.69, 9.17) is 4.84 Å². The van der Waals surface area contributed by atoms with E-state index in [0.29, 0.717) is 5.69 Å². The standard InChI is InChI=1S/C7H6N4O/c1-2-7(10-12-5-1)6-3-4-8-11-9-6/h1-5,10H. The van der Waals surface area contributed by atoms with E-state index in [9.17, 15) is 0 Å². The predicted molar refractivity (Wildman–Crippen MR) is 41.2 cm³/mol. The molecule has 60 valence electrons. The van der Waals surface area contributed by atoms with Crippen molar-refractivity contribution in [3.63, 3.8) is 0 Å². The molecule has 1 N–H and O–H groups in total. The Bertz CT molecular complexity index is 319. The van der Waals surface area contributed by atoms with Gasteiger partial charge in [0, 0.05) is 0 Å². The first-order valence-electron chi connectivity index (χ1n) is 3.40. The summed E-state index contributed by atoms with van der Waals surface area (Å²) in [4.78, 5) is 4.85. The van der Waals surface area contributed by atoms with Crippen molar-refractivity contribution < 1.29 is 4.84 Å². The minimum Gasteiger partial charge on any atom is -0.390 e. The quantitative estimate of drug-likeness (QED) is 0.641. The van der Waals surface area contributed by atoms with Crippen molar-refractivity contribution in [3.8, 4) is 0 Å². The SMILES string of the molecule is C1=CONC(c2ccnnn2)=C1. The van der Waals surface area contributed by atoms with Crippen LogP contribution in [0.1, 0.15) is 5.69 Å². The zero-order valence-electron chi connectivity index (χ0n) is 6.14. The first-order chi connectivity index (χ1) is 5.97. The molecule has 0 unspecified atom stereocenters. The minimum absolute atomic E-state index is 0.703. The van der Waals surface area contributed by atoms with Gasteiger partial charge in [0.15, 0.2) is 0 Å². The maximum atomic E-state index is 4.85. The van der Waals surface area contributed by atoms with Crippen molar-refractivity contribution in [2.45, 2.75) is 0 Å². The molecule has 0 saturated heterocycles. The van der Waals surface area contributed by atoms with Crippen molar-refractivity contribution in [2.75, 3.05) is 0 Å². The summed E-state index contributed by atoms with van der Waals surface area (Å²) in [5.74, 6) is 0. The highest BCUT2D eigenvalue weighted by atomic mass is 16.6. The molecule has 1 aliphatic heterocycles. The van der Waals surface area contributed by atoms with E-state index in [1.165, 1.54) is 6.26 Å². The molecule has 12 heavy (non-hydrogen) atoms. The molecule has 1 aliphatic rings. The summed E-state index contributed by atoms with van der Waals surface area (Å²) >= 11 is 0. The number of rotatable bonds is 1. The largest absolute Gasteiger partial charge is 0.390 e. The second-order valence-electron chi connectivity index (χ2n) is 2.13. The number of allylic oxidation sites excluding steroid dienone is 2. The topological polar surface area (TPSA) is 59.9 Å². The average molecular weight is 162 g/mol. The number of hydrogen-bond acceptors (Lipinski definition) is 5. The molecule has 0 bridgehead atoms. The third-order valence-electron chi connectivity index (χ3n) is 1.36. The van der Waals surface area contributed by atoms with Crippen LogP contribution in [-0.4, -0.2) is 15.4 Å². The van der Waals surface area contributed by atoms with Gasteiger partial charge in [-0.05, 0) is 23.4 Å². The first kappa shape index (κ1) is 6.78. The van der Waals surface area contributed by atoms with Gasteiger partial charge in [-0.2, -0.15) is 0 Å². The van der Waals surface area contributed by atoms with E-state index in [1.54, 1.807) is 18.3 Å². The van der Waals surface area contributed by atoms with Gasteiger partial charge in [-0.25, -0.2) is 5.48 Å². The van der Waals surface area contributed by atoms with Crippen molar-refractivity contribution in [2.24, 2.45) is 0 Å². The van der Waals surface area contributed by atoms with Crippen molar-refractivity contribution >= 4 is 5.70 Å². The van der Waals surface area contributed by atoms with Crippen LogP contribution in [0.3, 0.4) is 0 Å². The summed E-state index contributed by atoms with van der Waals surface area (Å²) in [7, 11) is 0. The van der Waals surface area contributed by atoms with Crippen LogP contribution in [0.2, 0.25) is 0 Å². The van der Waals surface area contributed by atoms with Crippen LogP contribution < -0.4 is 5.48 Å². The number of hydrogen-bond donors (Lipinski definition) is 1. The molecule has 0 fully saturated rings. The van der Waals surface area contributed by atoms with Gasteiger partial charge in [0.05, 0.1) is 11.9 Å². The highest BCUT2D eigenvalue weighted by molar-refractivity contribution is 5.61. The van der Waals surface area contributed by atoms with E-state index >= 15 is 0 Å². The van der Waals surface area contributed by atoms with Crippen LogP contribution in [0.5, 0.6) is 0 Å². The fourth-order valence-corrected chi connectivity index (χ4v) is 0.829. The van der Waals surface area contributed by atoms with Gasteiger partial charge in [0.25, 0.3) is 0 Å². The monoisotopic (exact) mass is 162 g/mol. The van der Waals surface area contributed by atoms with Crippen LogP contribution in [0, 0.1) is 0 Å². The third-order valence-corrected chi connectivity index (χ3v) is 1.36. The second-order valence-corrected chi connectivity index (χ2v) is 2.13. The molecule has 2 rings (SSSR count). The molecule has 1 aromatic rings. The predicted octanol–water partition coefficient (Wildman–Crippen LogP) is 0.261. The van der Waals surface area contributed by atoms with Crippen LogP contribution in [-0.2, 0) is 4.84 Å². The summed E-state index contributed by atoms with van der Waals surface area (Å²) < 4.78 is 0. The van der Waals surface area contributed by atoms with Gasteiger partial charge < -0.3 is 4.84 Å². The molecule has 5 nitrogen and oxygen atoms in total. The molecule has 1 aromatic heterocycles. The van der Waals surface area contributed by atoms with Crippen LogP contribution in [0.25, 0.3) is 5.70 Å². The number of nitrogens with one attached hydrogen (secondary N) is 1. The van der Waals surface area contributed by atoms with E-state index < -0.39 is 0 Å². The molecule has 0 amide bonds. The Morgan fingerprint density at radius 3 is 3.08 bits per heavy atom. The summed E-state index contributed by atoms with van der Waals surface area (Å²) in [6.07, 6.45) is 6.72. The maximum absolute atomic E-state index is 4.85. The molecular formula is C7H6N4O. The number of hydroxylamine groups is 1. The molecule has 0 atom stereocenters. The number of aromatic nitrogens is 3. The first-order valence-corrected chi connectivity index (χ1v) is 3.40. The van der Waals surface area contributed by atoms with Crippen molar-refractivity contribution in [1.29, 1.82) is 0 Å². The third kappa shape index (κ3) is 1.24. The molecule has 5 heteroatoms. The van der Waals surface area contributed by atoms with Crippen LogP contribution >= 0.6 is 0 Å². The second kappa shape index (κ2) is 3.00. The van der Waals surface area contributed by atoms with E-state index in [1.807, 2.05) is 6.08 Å². The Kier molecular flexibility index (Phi) is 1.69. The van der Waals surface area contributed by atoms with Crippen LogP contribution in [0.15, 0.2) is 30.7 Å². The highest BCUT2D eigenvalue weighted by Gasteiger charge is 2.03. The fourth-order valence-electron chi connectivity index (χ4n) is 0.829. The minimum atomic E-state index is 0.703. The summed E-state index contributed by atoms with van der Waals surface area (Å²) in [6, 6.07) is 1.74. The Hall–Kier alpha value is -1.91. The molecular weight excluding hydrogens is 156 g/mol. The molecule has 0 aliphatic carbocycles. The molecule has 0 aromatic carbocycles. The van der Waals surface area contributed by atoms with Gasteiger partial charge in [-0.15, -0.1) is 10.2 Å². The van der Waals surface area contributed by atoms with E-state index in [2.05, 4.69) is 20.9 Å². The van der Waals surface area contributed by atoms with Gasteiger partial charge in [0.2, 0.25) is 0 Å². The lowest BCUT2D eigenvalue weighted by molar-refractivity contribution is 0.181. The summed E-state index contributed by atoms with van der Waals surface area (Å²) in [6.45, 7) is 0. The van der Waals surface area contributed by atoms with Crippen molar-refractivity contribution in [3.05, 3.63) is 36.4 Å². The van der Waals surface area contributed by atoms with Gasteiger partial charge in [-0.1, -0.05) is 0 Å². The Morgan fingerprint density at radius 2 is 2.42 bits per heavy atom. The maximum Gasteiger partial charge on any atom is 0.119 e. The fraction of sp³-hybridized carbons (Fsp3) is 0. The average Bonchev–Trinajstić information content (AvgIpc) is 2.21. The lowest BCUT2D eigenvalue weighted by atomic mass is 10.3. The Balaban J connectivity index is 2.31. The number of nitrogens with zero attached hydrogens (tertiary/aromatic N) is 3. The molecule has 2 heterocycles. The lowest BCUT2D eigenvalue weighted by Gasteiger charge is -2.09. The van der Waals surface area contributed by atoms with Crippen LogP contribution in [0.4, 0.5) is 0 Å². The smallest absolute Gasteiger partial charge is 0.119 e. The van der Waals surface area contributed by atoms with E-state index in [0.717, 1.165) is 5.70 Å². The summed E-state index contributed by atoms with van der Waals surface area (Å²) in [5.41, 5.74) is 4.15. The van der Waals surface area contributed by atoms with E-state index in [-0.39, 0.29) is 0 Å². The normalized spacial score (nSPS) is 14.5. The molecule has 0 radical (unpaired) electrons. The molecule has 0 saturated carbocycles. The lowest BCUT2D eigenvalue weighted by Crippen LogP contribution is -2.13. The molecule has 0 spiro atoms. The summed E-state index contributed by atoms with van der Waals surface area (Å²) in [5, 5.41) is 10.9. The van der Waals surface area contributed by atoms with Gasteiger partial charge in [0.1, 0.15) is 12.0 Å². The van der Waals surface area contributed by atoms with Crippen molar-refractivity contribution in [1.82, 2.24) is 20.9 Å². The zero-order chi connectivity index (χ0) is 8.23. The van der Waals surface area contributed by atoms with Gasteiger partial charge in [-0.3, -0.25) is 0 Å². The highest BCUT2D eigenvalue weighted by Crippen LogP contribution is 2.08. The Labute approximate surface area is 68.7 Å².